The monoisotopic (exact) mass is 379 g/mol. The summed E-state index contributed by atoms with van der Waals surface area (Å²) in [5, 5.41) is 5.13. The highest BCUT2D eigenvalue weighted by molar-refractivity contribution is 9.09. The maximum absolute atomic E-state index is 12.6. The predicted octanol–water partition coefficient (Wildman–Crippen LogP) is 3.71. The zero-order chi connectivity index (χ0) is 17.0. The number of hydrogen-bond acceptors (Lipinski definition) is 3. The SMILES string of the molecule is COC(OC)C(C)NC(=O)C(Br)c1c(C)ccc2ccccc12. The van der Waals surface area contributed by atoms with E-state index in [9.17, 15) is 4.79 Å². The van der Waals surface area contributed by atoms with Crippen LogP contribution in [0.1, 0.15) is 22.9 Å². The van der Waals surface area contributed by atoms with Crippen molar-refractivity contribution in [2.24, 2.45) is 0 Å². The van der Waals surface area contributed by atoms with Gasteiger partial charge in [-0.25, -0.2) is 0 Å². The van der Waals surface area contributed by atoms with Crippen molar-refractivity contribution in [1.82, 2.24) is 5.32 Å². The van der Waals surface area contributed by atoms with Gasteiger partial charge >= 0.3 is 0 Å². The number of amides is 1. The molecule has 0 fully saturated rings. The summed E-state index contributed by atoms with van der Waals surface area (Å²) in [4.78, 5) is 12.2. The second-order valence-corrected chi connectivity index (χ2v) is 6.43. The van der Waals surface area contributed by atoms with E-state index >= 15 is 0 Å². The van der Waals surface area contributed by atoms with Crippen LogP contribution >= 0.6 is 15.9 Å². The lowest BCUT2D eigenvalue weighted by Crippen LogP contribution is -2.44. The Bertz CT molecular complexity index is 685. The minimum atomic E-state index is -0.479. The fourth-order valence-corrected chi connectivity index (χ4v) is 3.48. The molecule has 2 atom stereocenters. The van der Waals surface area contributed by atoms with Gasteiger partial charge in [0.25, 0.3) is 0 Å². The molecule has 1 N–H and O–H groups in total. The first-order chi connectivity index (χ1) is 11.0. The molecule has 0 aliphatic carbocycles. The van der Waals surface area contributed by atoms with Crippen LogP contribution in [-0.4, -0.2) is 32.5 Å². The van der Waals surface area contributed by atoms with Crippen molar-refractivity contribution in [3.05, 3.63) is 47.5 Å². The molecule has 0 heterocycles. The van der Waals surface area contributed by atoms with E-state index in [1.165, 1.54) is 0 Å². The largest absolute Gasteiger partial charge is 0.354 e. The minimum Gasteiger partial charge on any atom is -0.354 e. The Morgan fingerprint density at radius 3 is 2.43 bits per heavy atom. The first kappa shape index (κ1) is 17.9. The summed E-state index contributed by atoms with van der Waals surface area (Å²) in [6.07, 6.45) is -0.479. The molecule has 0 bridgehead atoms. The Morgan fingerprint density at radius 2 is 1.78 bits per heavy atom. The van der Waals surface area contributed by atoms with Gasteiger partial charge < -0.3 is 14.8 Å². The second kappa shape index (κ2) is 7.90. The third-order valence-corrected chi connectivity index (χ3v) is 4.79. The standard InChI is InChI=1S/C18H22BrNO3/c1-11-9-10-13-7-5-6-8-14(13)15(11)16(19)17(21)20-12(2)18(22-3)23-4/h5-10,12,16,18H,1-4H3,(H,20,21). The molecule has 4 nitrogen and oxygen atoms in total. The summed E-state index contributed by atoms with van der Waals surface area (Å²) in [7, 11) is 3.11. The van der Waals surface area contributed by atoms with Crippen molar-refractivity contribution in [2.45, 2.75) is 31.0 Å². The lowest BCUT2D eigenvalue weighted by atomic mass is 9.97. The fourth-order valence-electron chi connectivity index (χ4n) is 2.74. The highest BCUT2D eigenvalue weighted by Gasteiger charge is 2.25. The van der Waals surface area contributed by atoms with Gasteiger partial charge in [-0.2, -0.15) is 0 Å². The Labute approximate surface area is 145 Å². The number of halogens is 1. The van der Waals surface area contributed by atoms with Crippen LogP contribution < -0.4 is 5.32 Å². The molecule has 0 spiro atoms. The van der Waals surface area contributed by atoms with E-state index in [2.05, 4.69) is 27.3 Å². The average Bonchev–Trinajstić information content (AvgIpc) is 2.55. The van der Waals surface area contributed by atoms with E-state index in [-0.39, 0.29) is 11.9 Å². The van der Waals surface area contributed by atoms with E-state index in [1.807, 2.05) is 44.2 Å². The van der Waals surface area contributed by atoms with Gasteiger partial charge in [0.2, 0.25) is 5.91 Å². The van der Waals surface area contributed by atoms with Gasteiger partial charge in [-0.3, -0.25) is 4.79 Å². The summed E-state index contributed by atoms with van der Waals surface area (Å²) in [6.45, 7) is 3.87. The van der Waals surface area contributed by atoms with E-state index in [0.29, 0.717) is 0 Å². The summed E-state index contributed by atoms with van der Waals surface area (Å²) >= 11 is 3.55. The fraction of sp³-hybridized carbons (Fsp3) is 0.389. The molecule has 2 rings (SSSR count). The second-order valence-electron chi connectivity index (χ2n) is 5.52. The Hall–Kier alpha value is -1.43. The van der Waals surface area contributed by atoms with Crippen molar-refractivity contribution in [3.63, 3.8) is 0 Å². The van der Waals surface area contributed by atoms with E-state index in [4.69, 9.17) is 9.47 Å². The number of rotatable bonds is 6. The van der Waals surface area contributed by atoms with Crippen LogP contribution in [0.25, 0.3) is 10.8 Å². The molecule has 0 aromatic heterocycles. The van der Waals surface area contributed by atoms with Crippen molar-refractivity contribution in [1.29, 1.82) is 0 Å². The Morgan fingerprint density at radius 1 is 1.13 bits per heavy atom. The third-order valence-electron chi connectivity index (χ3n) is 3.92. The number of benzene rings is 2. The van der Waals surface area contributed by atoms with Crippen LogP contribution in [0.15, 0.2) is 36.4 Å². The molecule has 0 saturated heterocycles. The molecular formula is C18H22BrNO3. The molecule has 23 heavy (non-hydrogen) atoms. The zero-order valence-corrected chi connectivity index (χ0v) is 15.4. The lowest BCUT2D eigenvalue weighted by Gasteiger charge is -2.24. The molecular weight excluding hydrogens is 358 g/mol. The zero-order valence-electron chi connectivity index (χ0n) is 13.8. The number of ether oxygens (including phenoxy) is 2. The molecule has 0 saturated carbocycles. The van der Waals surface area contributed by atoms with Crippen LogP contribution in [0.3, 0.4) is 0 Å². The van der Waals surface area contributed by atoms with E-state index in [0.717, 1.165) is 21.9 Å². The number of methoxy groups -OCH3 is 2. The van der Waals surface area contributed by atoms with Crippen molar-refractivity contribution < 1.29 is 14.3 Å². The summed E-state index contributed by atoms with van der Waals surface area (Å²) < 4.78 is 10.4. The van der Waals surface area contributed by atoms with E-state index < -0.39 is 11.1 Å². The quantitative estimate of drug-likeness (QED) is 0.614. The van der Waals surface area contributed by atoms with Gasteiger partial charge in [0.15, 0.2) is 6.29 Å². The molecule has 2 unspecified atom stereocenters. The van der Waals surface area contributed by atoms with Gasteiger partial charge in [-0.15, -0.1) is 0 Å². The lowest BCUT2D eigenvalue weighted by molar-refractivity contribution is -0.135. The number of carbonyl (C=O) groups excluding carboxylic acids is 1. The molecule has 1 amide bonds. The van der Waals surface area contributed by atoms with Crippen LogP contribution in [0.2, 0.25) is 0 Å². The van der Waals surface area contributed by atoms with Crippen LogP contribution in [0, 0.1) is 6.92 Å². The van der Waals surface area contributed by atoms with Crippen LogP contribution in [0.5, 0.6) is 0 Å². The molecule has 2 aromatic rings. The van der Waals surface area contributed by atoms with Gasteiger partial charge in [-0.05, 0) is 35.7 Å². The number of nitrogens with one attached hydrogen (secondary N) is 1. The summed E-state index contributed by atoms with van der Waals surface area (Å²) in [6, 6.07) is 11.9. The first-order valence-corrected chi connectivity index (χ1v) is 8.39. The average molecular weight is 380 g/mol. The van der Waals surface area contributed by atoms with Crippen molar-refractivity contribution in [2.75, 3.05) is 14.2 Å². The molecule has 0 radical (unpaired) electrons. The number of alkyl halides is 1. The van der Waals surface area contributed by atoms with Crippen LogP contribution in [-0.2, 0) is 14.3 Å². The number of hydrogen-bond donors (Lipinski definition) is 1. The molecule has 0 aliphatic rings. The normalized spacial score (nSPS) is 14.0. The van der Waals surface area contributed by atoms with Gasteiger partial charge in [0.05, 0.1) is 6.04 Å². The highest BCUT2D eigenvalue weighted by Crippen LogP contribution is 2.33. The highest BCUT2D eigenvalue weighted by atomic mass is 79.9. The maximum atomic E-state index is 12.6. The summed E-state index contributed by atoms with van der Waals surface area (Å²) in [5.41, 5.74) is 2.06. The van der Waals surface area contributed by atoms with E-state index in [1.54, 1.807) is 14.2 Å². The number of aryl methyl sites for hydroxylation is 1. The molecule has 0 aliphatic heterocycles. The van der Waals surface area contributed by atoms with Crippen LogP contribution in [0.4, 0.5) is 0 Å². The number of carbonyl (C=O) groups is 1. The summed E-state index contributed by atoms with van der Waals surface area (Å²) in [5.74, 6) is -0.115. The Kier molecular flexibility index (Phi) is 6.16. The Balaban J connectivity index is 2.28. The van der Waals surface area contributed by atoms with Gasteiger partial charge in [0.1, 0.15) is 4.83 Å². The van der Waals surface area contributed by atoms with Gasteiger partial charge in [0, 0.05) is 14.2 Å². The first-order valence-electron chi connectivity index (χ1n) is 7.47. The molecule has 2 aromatic carbocycles. The molecule has 5 heteroatoms. The smallest absolute Gasteiger partial charge is 0.238 e. The third kappa shape index (κ3) is 3.91. The van der Waals surface area contributed by atoms with Gasteiger partial charge in [-0.1, -0.05) is 52.3 Å². The maximum Gasteiger partial charge on any atom is 0.238 e. The number of fused-ring (bicyclic) bond motifs is 1. The molecule has 124 valence electrons. The van der Waals surface area contributed by atoms with Crippen molar-refractivity contribution in [3.8, 4) is 0 Å². The topological polar surface area (TPSA) is 47.6 Å². The predicted molar refractivity (Wildman–Crippen MR) is 95.8 cm³/mol. The van der Waals surface area contributed by atoms with Crippen molar-refractivity contribution >= 4 is 32.6 Å². The minimum absolute atomic E-state index is 0.115.